The van der Waals surface area contributed by atoms with Gasteiger partial charge in [-0.15, -0.1) is 11.8 Å². The maximum absolute atomic E-state index is 13.4. The summed E-state index contributed by atoms with van der Waals surface area (Å²) in [7, 11) is 0. The molecule has 0 bridgehead atoms. The number of carbonyl (C=O) groups is 2. The molecule has 1 fully saturated rings. The van der Waals surface area contributed by atoms with Crippen molar-refractivity contribution in [2.24, 2.45) is 0 Å². The Balaban J connectivity index is 1.69. The normalized spacial score (nSPS) is 15.1. The van der Waals surface area contributed by atoms with E-state index in [1.165, 1.54) is 6.42 Å². The van der Waals surface area contributed by atoms with Gasteiger partial charge in [-0.05, 0) is 56.0 Å². The monoisotopic (exact) mass is 486 g/mol. The van der Waals surface area contributed by atoms with Crippen LogP contribution in [0.1, 0.15) is 63.0 Å². The first-order chi connectivity index (χ1) is 16.0. The third-order valence-corrected chi connectivity index (χ3v) is 7.44. The van der Waals surface area contributed by atoms with Crippen molar-refractivity contribution in [3.63, 3.8) is 0 Å². The van der Waals surface area contributed by atoms with Gasteiger partial charge in [0.2, 0.25) is 11.8 Å². The molecule has 1 aliphatic carbocycles. The number of hydrogen-bond donors (Lipinski definition) is 1. The van der Waals surface area contributed by atoms with E-state index in [1.807, 2.05) is 56.3 Å². The second kappa shape index (κ2) is 13.0. The zero-order chi connectivity index (χ0) is 23.6. The molecule has 0 saturated heterocycles. The molecule has 3 rings (SSSR count). The Bertz CT molecular complexity index is 913. The van der Waals surface area contributed by atoms with Gasteiger partial charge in [0, 0.05) is 34.7 Å². The number of hydrogen-bond acceptors (Lipinski definition) is 3. The summed E-state index contributed by atoms with van der Waals surface area (Å²) in [4.78, 5) is 29.5. The van der Waals surface area contributed by atoms with E-state index in [1.54, 1.807) is 16.7 Å². The predicted octanol–water partition coefficient (Wildman–Crippen LogP) is 6.39. The van der Waals surface area contributed by atoms with Gasteiger partial charge in [0.25, 0.3) is 0 Å². The standard InChI is InChI=1S/C27H35ClN2O2S/c1-3-25(27(32)29-23-10-5-4-6-11-23)30(19-21-9-7-8-20(2)18-21)26(31)16-17-33-24-14-12-22(28)13-15-24/h7-9,12-15,18,23,25H,3-6,10-11,16-17,19H2,1-2H3,(H,29,32). The van der Waals surface area contributed by atoms with Gasteiger partial charge in [-0.3, -0.25) is 9.59 Å². The van der Waals surface area contributed by atoms with Crippen LogP contribution in [0.2, 0.25) is 5.02 Å². The topological polar surface area (TPSA) is 49.4 Å². The second-order valence-electron chi connectivity index (χ2n) is 8.83. The van der Waals surface area contributed by atoms with E-state index < -0.39 is 6.04 Å². The summed E-state index contributed by atoms with van der Waals surface area (Å²) < 4.78 is 0. The van der Waals surface area contributed by atoms with E-state index in [9.17, 15) is 9.59 Å². The van der Waals surface area contributed by atoms with Gasteiger partial charge in [0.1, 0.15) is 6.04 Å². The average Bonchev–Trinajstić information content (AvgIpc) is 2.81. The molecule has 33 heavy (non-hydrogen) atoms. The average molecular weight is 487 g/mol. The van der Waals surface area contributed by atoms with E-state index in [2.05, 4.69) is 11.4 Å². The number of thioether (sulfide) groups is 1. The molecular formula is C27H35ClN2O2S. The first-order valence-electron chi connectivity index (χ1n) is 12.0. The van der Waals surface area contributed by atoms with Crippen molar-refractivity contribution >= 4 is 35.2 Å². The maximum Gasteiger partial charge on any atom is 0.243 e. The molecule has 0 radical (unpaired) electrons. The lowest BCUT2D eigenvalue weighted by molar-refractivity contribution is -0.141. The van der Waals surface area contributed by atoms with Crippen molar-refractivity contribution in [1.82, 2.24) is 10.2 Å². The van der Waals surface area contributed by atoms with Crippen LogP contribution < -0.4 is 5.32 Å². The number of halogens is 1. The van der Waals surface area contributed by atoms with Gasteiger partial charge in [-0.25, -0.2) is 0 Å². The van der Waals surface area contributed by atoms with Crippen LogP contribution in [0.15, 0.2) is 53.4 Å². The highest BCUT2D eigenvalue weighted by atomic mass is 35.5. The van der Waals surface area contributed by atoms with E-state index >= 15 is 0 Å². The van der Waals surface area contributed by atoms with Crippen LogP contribution in [0.4, 0.5) is 0 Å². The molecule has 1 saturated carbocycles. The SMILES string of the molecule is CCC(C(=O)NC1CCCCC1)N(Cc1cccc(C)c1)C(=O)CCSc1ccc(Cl)cc1. The zero-order valence-electron chi connectivity index (χ0n) is 19.7. The Morgan fingerprint density at radius 2 is 1.85 bits per heavy atom. The number of benzene rings is 2. The Morgan fingerprint density at radius 3 is 2.52 bits per heavy atom. The van der Waals surface area contributed by atoms with Crippen molar-refractivity contribution in [2.75, 3.05) is 5.75 Å². The third kappa shape index (κ3) is 8.08. The van der Waals surface area contributed by atoms with Crippen molar-refractivity contribution < 1.29 is 9.59 Å². The van der Waals surface area contributed by atoms with Crippen LogP contribution in [0.5, 0.6) is 0 Å². The van der Waals surface area contributed by atoms with Crippen molar-refractivity contribution in [1.29, 1.82) is 0 Å². The molecule has 178 valence electrons. The first kappa shape index (κ1) is 25.6. The third-order valence-electron chi connectivity index (χ3n) is 6.17. The fourth-order valence-electron chi connectivity index (χ4n) is 4.40. The molecule has 0 heterocycles. The molecule has 1 aliphatic rings. The minimum Gasteiger partial charge on any atom is -0.352 e. The molecule has 1 atom stereocenters. The summed E-state index contributed by atoms with van der Waals surface area (Å²) in [5, 5.41) is 3.94. The van der Waals surface area contributed by atoms with Gasteiger partial charge >= 0.3 is 0 Å². The molecule has 2 aromatic carbocycles. The molecule has 1 N–H and O–H groups in total. The lowest BCUT2D eigenvalue weighted by Gasteiger charge is -2.33. The number of carbonyl (C=O) groups excluding carboxylic acids is 2. The van der Waals surface area contributed by atoms with Crippen LogP contribution in [0, 0.1) is 6.92 Å². The number of rotatable bonds is 10. The van der Waals surface area contributed by atoms with Gasteiger partial charge in [-0.2, -0.15) is 0 Å². The maximum atomic E-state index is 13.4. The van der Waals surface area contributed by atoms with Crippen LogP contribution in [-0.2, 0) is 16.1 Å². The molecular weight excluding hydrogens is 452 g/mol. The van der Waals surface area contributed by atoms with Crippen molar-refractivity contribution in [2.45, 2.75) is 82.3 Å². The van der Waals surface area contributed by atoms with E-state index in [0.29, 0.717) is 30.2 Å². The Morgan fingerprint density at radius 1 is 1.12 bits per heavy atom. The lowest BCUT2D eigenvalue weighted by atomic mass is 9.95. The fraction of sp³-hybridized carbons (Fsp3) is 0.481. The number of nitrogens with zero attached hydrogens (tertiary/aromatic N) is 1. The summed E-state index contributed by atoms with van der Waals surface area (Å²) in [5.41, 5.74) is 2.20. The van der Waals surface area contributed by atoms with Crippen LogP contribution in [-0.4, -0.2) is 34.6 Å². The molecule has 0 aromatic heterocycles. The summed E-state index contributed by atoms with van der Waals surface area (Å²) in [6.07, 6.45) is 6.61. The minimum atomic E-state index is -0.458. The molecule has 2 amide bonds. The van der Waals surface area contributed by atoms with Gasteiger partial charge in [-0.1, -0.05) is 67.6 Å². The van der Waals surface area contributed by atoms with Crippen molar-refractivity contribution in [3.05, 3.63) is 64.7 Å². The highest BCUT2D eigenvalue weighted by Gasteiger charge is 2.30. The van der Waals surface area contributed by atoms with Gasteiger partial charge in [0.15, 0.2) is 0 Å². The molecule has 0 spiro atoms. The number of aryl methyl sites for hydroxylation is 1. The predicted molar refractivity (Wildman–Crippen MR) is 138 cm³/mol. The Labute approximate surface area is 207 Å². The summed E-state index contributed by atoms with van der Waals surface area (Å²) >= 11 is 7.60. The van der Waals surface area contributed by atoms with Crippen molar-refractivity contribution in [3.8, 4) is 0 Å². The molecule has 0 aliphatic heterocycles. The lowest BCUT2D eigenvalue weighted by Crippen LogP contribution is -2.51. The smallest absolute Gasteiger partial charge is 0.243 e. The quantitative estimate of drug-likeness (QED) is 0.396. The Hall–Kier alpha value is -1.98. The number of amides is 2. The zero-order valence-corrected chi connectivity index (χ0v) is 21.3. The van der Waals surface area contributed by atoms with Crippen LogP contribution >= 0.6 is 23.4 Å². The molecule has 6 heteroatoms. The summed E-state index contributed by atoms with van der Waals surface area (Å²) in [6.45, 7) is 4.48. The van der Waals surface area contributed by atoms with E-state index in [-0.39, 0.29) is 17.9 Å². The second-order valence-corrected chi connectivity index (χ2v) is 10.4. The summed E-state index contributed by atoms with van der Waals surface area (Å²) in [5.74, 6) is 0.658. The van der Waals surface area contributed by atoms with Crippen LogP contribution in [0.25, 0.3) is 0 Å². The molecule has 4 nitrogen and oxygen atoms in total. The largest absolute Gasteiger partial charge is 0.352 e. The van der Waals surface area contributed by atoms with E-state index in [4.69, 9.17) is 11.6 Å². The minimum absolute atomic E-state index is 0.0172. The van der Waals surface area contributed by atoms with E-state index in [0.717, 1.165) is 41.7 Å². The summed E-state index contributed by atoms with van der Waals surface area (Å²) in [6, 6.07) is 15.6. The van der Waals surface area contributed by atoms with Gasteiger partial charge in [0.05, 0.1) is 0 Å². The van der Waals surface area contributed by atoms with Crippen LogP contribution in [0.3, 0.4) is 0 Å². The Kier molecular flexibility index (Phi) is 10.1. The van der Waals surface area contributed by atoms with Gasteiger partial charge < -0.3 is 10.2 Å². The molecule has 2 aromatic rings. The highest BCUT2D eigenvalue weighted by molar-refractivity contribution is 7.99. The fourth-order valence-corrected chi connectivity index (χ4v) is 5.37. The highest BCUT2D eigenvalue weighted by Crippen LogP contribution is 2.23. The molecule has 1 unspecified atom stereocenters. The first-order valence-corrected chi connectivity index (χ1v) is 13.4. The number of nitrogens with one attached hydrogen (secondary N) is 1.